The predicted octanol–water partition coefficient (Wildman–Crippen LogP) is 3.61. The van der Waals surface area contributed by atoms with Crippen LogP contribution in [0.2, 0.25) is 5.02 Å². The Morgan fingerprint density at radius 1 is 1.30 bits per heavy atom. The van der Waals surface area contributed by atoms with Gasteiger partial charge in [0, 0.05) is 16.6 Å². The molecule has 20 heavy (non-hydrogen) atoms. The first-order chi connectivity index (χ1) is 9.41. The van der Waals surface area contributed by atoms with Gasteiger partial charge in [0.15, 0.2) is 0 Å². The standard InChI is InChI=1S/C16H24ClFN2/c1-16(2,20-8-4-3-5-9-20)15(19)10-12-6-7-13(18)11-14(12)17/h6-7,11,15H,3-5,8-10,19H2,1-2H3. The highest BCUT2D eigenvalue weighted by molar-refractivity contribution is 6.31. The van der Waals surface area contributed by atoms with Crippen molar-refractivity contribution in [1.82, 2.24) is 4.90 Å². The van der Waals surface area contributed by atoms with Crippen LogP contribution in [0.25, 0.3) is 0 Å². The highest BCUT2D eigenvalue weighted by atomic mass is 35.5. The normalized spacial score (nSPS) is 19.1. The van der Waals surface area contributed by atoms with E-state index in [1.807, 2.05) is 0 Å². The topological polar surface area (TPSA) is 29.3 Å². The van der Waals surface area contributed by atoms with E-state index in [4.69, 9.17) is 17.3 Å². The fourth-order valence-electron chi connectivity index (χ4n) is 2.88. The van der Waals surface area contributed by atoms with E-state index in [9.17, 15) is 4.39 Å². The Balaban J connectivity index is 2.07. The summed E-state index contributed by atoms with van der Waals surface area (Å²) in [6.07, 6.45) is 4.47. The molecule has 1 heterocycles. The van der Waals surface area contributed by atoms with E-state index in [0.717, 1.165) is 18.7 Å². The lowest BCUT2D eigenvalue weighted by atomic mass is 9.87. The molecule has 1 unspecified atom stereocenters. The quantitative estimate of drug-likeness (QED) is 0.920. The van der Waals surface area contributed by atoms with Crippen LogP contribution in [0.15, 0.2) is 18.2 Å². The maximum atomic E-state index is 13.1. The Morgan fingerprint density at radius 3 is 2.55 bits per heavy atom. The van der Waals surface area contributed by atoms with Crippen molar-refractivity contribution in [2.75, 3.05) is 13.1 Å². The predicted molar refractivity (Wildman–Crippen MR) is 82.6 cm³/mol. The molecule has 1 atom stereocenters. The molecule has 1 aliphatic rings. The van der Waals surface area contributed by atoms with Crippen LogP contribution in [0.1, 0.15) is 38.7 Å². The molecule has 0 spiro atoms. The van der Waals surface area contributed by atoms with Crippen LogP contribution in [0, 0.1) is 5.82 Å². The summed E-state index contributed by atoms with van der Waals surface area (Å²) in [5, 5.41) is 0.467. The van der Waals surface area contributed by atoms with Gasteiger partial charge in [0.25, 0.3) is 0 Å². The summed E-state index contributed by atoms with van der Waals surface area (Å²) in [6.45, 7) is 6.61. The van der Waals surface area contributed by atoms with Crippen LogP contribution >= 0.6 is 11.6 Å². The summed E-state index contributed by atoms with van der Waals surface area (Å²) >= 11 is 6.10. The number of hydrogen-bond acceptors (Lipinski definition) is 2. The Kier molecular flexibility index (Phi) is 5.05. The van der Waals surface area contributed by atoms with Gasteiger partial charge in [-0.3, -0.25) is 4.90 Å². The van der Waals surface area contributed by atoms with Crippen molar-refractivity contribution in [1.29, 1.82) is 0 Å². The zero-order valence-electron chi connectivity index (χ0n) is 12.3. The molecule has 1 aliphatic heterocycles. The molecule has 4 heteroatoms. The van der Waals surface area contributed by atoms with E-state index in [1.54, 1.807) is 6.07 Å². The number of likely N-dealkylation sites (tertiary alicyclic amines) is 1. The van der Waals surface area contributed by atoms with Gasteiger partial charge >= 0.3 is 0 Å². The van der Waals surface area contributed by atoms with Gasteiger partial charge in [-0.1, -0.05) is 24.1 Å². The van der Waals surface area contributed by atoms with Crippen molar-refractivity contribution < 1.29 is 4.39 Å². The SMILES string of the molecule is CC(C)(C(N)Cc1ccc(F)cc1Cl)N1CCCCC1. The highest BCUT2D eigenvalue weighted by Crippen LogP contribution is 2.27. The van der Waals surface area contributed by atoms with Gasteiger partial charge in [-0.15, -0.1) is 0 Å². The Labute approximate surface area is 126 Å². The van der Waals surface area contributed by atoms with E-state index >= 15 is 0 Å². The molecule has 0 amide bonds. The minimum absolute atomic E-state index is 0.0245. The van der Waals surface area contributed by atoms with E-state index in [-0.39, 0.29) is 17.4 Å². The van der Waals surface area contributed by atoms with E-state index in [2.05, 4.69) is 18.7 Å². The third kappa shape index (κ3) is 3.51. The maximum absolute atomic E-state index is 13.1. The number of halogens is 2. The molecule has 1 aromatic rings. The molecule has 0 aliphatic carbocycles. The van der Waals surface area contributed by atoms with Crippen molar-refractivity contribution in [3.8, 4) is 0 Å². The third-order valence-electron chi connectivity index (χ3n) is 4.53. The second-order valence-corrected chi connectivity index (χ2v) is 6.65. The minimum Gasteiger partial charge on any atom is -0.326 e. The van der Waals surface area contributed by atoms with Crippen LogP contribution in [-0.2, 0) is 6.42 Å². The molecule has 2 rings (SSSR count). The fourth-order valence-corrected chi connectivity index (χ4v) is 3.12. The van der Waals surface area contributed by atoms with Crippen LogP contribution in [0.5, 0.6) is 0 Å². The molecule has 1 aromatic carbocycles. The lowest BCUT2D eigenvalue weighted by Crippen LogP contribution is -2.58. The second kappa shape index (κ2) is 6.42. The van der Waals surface area contributed by atoms with E-state index in [0.29, 0.717) is 11.4 Å². The van der Waals surface area contributed by atoms with Crippen molar-refractivity contribution >= 4 is 11.6 Å². The summed E-state index contributed by atoms with van der Waals surface area (Å²) < 4.78 is 13.1. The van der Waals surface area contributed by atoms with Gasteiger partial charge in [0.2, 0.25) is 0 Å². The Hall–Kier alpha value is -0.640. The first-order valence-electron chi connectivity index (χ1n) is 7.36. The lowest BCUT2D eigenvalue weighted by Gasteiger charge is -2.44. The van der Waals surface area contributed by atoms with Gasteiger partial charge in [-0.25, -0.2) is 4.39 Å². The number of benzene rings is 1. The van der Waals surface area contributed by atoms with Gasteiger partial charge in [0.1, 0.15) is 5.82 Å². The first-order valence-corrected chi connectivity index (χ1v) is 7.73. The third-order valence-corrected chi connectivity index (χ3v) is 4.89. The van der Waals surface area contributed by atoms with Crippen LogP contribution < -0.4 is 5.73 Å². The molecule has 0 radical (unpaired) electrons. The van der Waals surface area contributed by atoms with Crippen molar-refractivity contribution in [3.63, 3.8) is 0 Å². The minimum atomic E-state index is -0.303. The van der Waals surface area contributed by atoms with Crippen molar-refractivity contribution in [2.45, 2.75) is 51.1 Å². The van der Waals surface area contributed by atoms with Crippen molar-refractivity contribution in [2.24, 2.45) is 5.73 Å². The van der Waals surface area contributed by atoms with Gasteiger partial charge < -0.3 is 5.73 Å². The molecule has 2 N–H and O–H groups in total. The summed E-state index contributed by atoms with van der Waals surface area (Å²) in [6, 6.07) is 4.52. The number of hydrogen-bond donors (Lipinski definition) is 1. The Morgan fingerprint density at radius 2 is 1.95 bits per heavy atom. The number of rotatable bonds is 4. The summed E-state index contributed by atoms with van der Waals surface area (Å²) in [5.74, 6) is -0.303. The average molecular weight is 299 g/mol. The maximum Gasteiger partial charge on any atom is 0.124 e. The molecule has 1 saturated heterocycles. The summed E-state index contributed by atoms with van der Waals surface area (Å²) in [5.41, 5.74) is 7.28. The lowest BCUT2D eigenvalue weighted by molar-refractivity contribution is 0.0731. The molecular formula is C16H24ClFN2. The van der Waals surface area contributed by atoms with Crippen LogP contribution in [0.4, 0.5) is 4.39 Å². The molecule has 0 aromatic heterocycles. The molecule has 0 saturated carbocycles. The molecular weight excluding hydrogens is 275 g/mol. The van der Waals surface area contributed by atoms with Gasteiger partial charge in [-0.2, -0.15) is 0 Å². The monoisotopic (exact) mass is 298 g/mol. The zero-order valence-corrected chi connectivity index (χ0v) is 13.1. The summed E-state index contributed by atoms with van der Waals surface area (Å²) in [7, 11) is 0. The van der Waals surface area contributed by atoms with E-state index in [1.165, 1.54) is 31.4 Å². The van der Waals surface area contributed by atoms with Crippen LogP contribution in [0.3, 0.4) is 0 Å². The fraction of sp³-hybridized carbons (Fsp3) is 0.625. The Bertz CT molecular complexity index is 456. The van der Waals surface area contributed by atoms with Gasteiger partial charge in [-0.05, 0) is 63.9 Å². The molecule has 112 valence electrons. The largest absolute Gasteiger partial charge is 0.326 e. The first kappa shape index (κ1) is 15.7. The molecule has 1 fully saturated rings. The number of nitrogens with two attached hydrogens (primary N) is 1. The number of piperidine rings is 1. The van der Waals surface area contributed by atoms with E-state index < -0.39 is 0 Å². The second-order valence-electron chi connectivity index (χ2n) is 6.25. The molecule has 2 nitrogen and oxygen atoms in total. The summed E-state index contributed by atoms with van der Waals surface area (Å²) in [4.78, 5) is 2.47. The number of nitrogens with zero attached hydrogens (tertiary/aromatic N) is 1. The van der Waals surface area contributed by atoms with Crippen molar-refractivity contribution in [3.05, 3.63) is 34.6 Å². The zero-order chi connectivity index (χ0) is 14.8. The average Bonchev–Trinajstić information content (AvgIpc) is 2.42. The van der Waals surface area contributed by atoms with Crippen LogP contribution in [-0.4, -0.2) is 29.6 Å². The smallest absolute Gasteiger partial charge is 0.124 e. The molecule has 0 bridgehead atoms. The van der Waals surface area contributed by atoms with Gasteiger partial charge in [0.05, 0.1) is 0 Å². The highest BCUT2D eigenvalue weighted by Gasteiger charge is 2.34.